The topological polar surface area (TPSA) is 49.7 Å². The van der Waals surface area contributed by atoms with Gasteiger partial charge in [-0.1, -0.05) is 19.1 Å². The Morgan fingerprint density at radius 2 is 1.83 bits per heavy atom. The molecule has 1 aliphatic carbocycles. The normalized spacial score (nSPS) is 31.8. The highest BCUT2D eigenvalue weighted by Gasteiger charge is 2.31. The third kappa shape index (κ3) is 3.96. The van der Waals surface area contributed by atoms with E-state index in [-0.39, 0.29) is 5.46 Å². The van der Waals surface area contributed by atoms with E-state index in [1.165, 1.54) is 25.0 Å². The maximum absolute atomic E-state index is 13.9. The average Bonchev–Trinajstić information content (AvgIpc) is 2.55. The largest absolute Gasteiger partial charge is 0.491 e. The van der Waals surface area contributed by atoms with Gasteiger partial charge in [0.2, 0.25) is 0 Å². The molecular weight excluding hydrogens is 294 g/mol. The third-order valence-electron chi connectivity index (χ3n) is 5.61. The highest BCUT2D eigenvalue weighted by molar-refractivity contribution is 6.58. The second-order valence-electron chi connectivity index (χ2n) is 7.32. The van der Waals surface area contributed by atoms with Crippen molar-refractivity contribution in [2.75, 3.05) is 6.61 Å². The van der Waals surface area contributed by atoms with Gasteiger partial charge in [0.25, 0.3) is 0 Å². The highest BCUT2D eigenvalue weighted by Crippen LogP contribution is 2.39. The number of hydrogen-bond donors (Lipinski definition) is 2. The minimum atomic E-state index is -1.74. The van der Waals surface area contributed by atoms with Gasteiger partial charge in [-0.3, -0.25) is 0 Å². The van der Waals surface area contributed by atoms with E-state index in [9.17, 15) is 4.39 Å². The van der Waals surface area contributed by atoms with Crippen LogP contribution in [0.1, 0.15) is 56.9 Å². The summed E-state index contributed by atoms with van der Waals surface area (Å²) in [4.78, 5) is 0. The van der Waals surface area contributed by atoms with Gasteiger partial charge in [0.15, 0.2) is 0 Å². The molecule has 126 valence electrons. The summed E-state index contributed by atoms with van der Waals surface area (Å²) in [6, 6.07) is 4.80. The van der Waals surface area contributed by atoms with Crippen LogP contribution in [0, 0.1) is 17.7 Å². The Morgan fingerprint density at radius 1 is 1.09 bits per heavy atom. The Morgan fingerprint density at radius 3 is 2.39 bits per heavy atom. The lowest BCUT2D eigenvalue weighted by molar-refractivity contribution is -0.0523. The zero-order valence-electron chi connectivity index (χ0n) is 13.7. The van der Waals surface area contributed by atoms with Crippen LogP contribution < -0.4 is 5.46 Å². The Hall–Kier alpha value is -0.905. The molecule has 0 spiro atoms. The molecule has 0 amide bonds. The van der Waals surface area contributed by atoms with Crippen molar-refractivity contribution in [3.8, 4) is 0 Å². The molecule has 1 aliphatic heterocycles. The van der Waals surface area contributed by atoms with E-state index < -0.39 is 12.9 Å². The number of hydrogen-bond acceptors (Lipinski definition) is 3. The molecule has 0 bridgehead atoms. The molecule has 1 saturated heterocycles. The van der Waals surface area contributed by atoms with E-state index in [4.69, 9.17) is 14.8 Å². The molecule has 0 radical (unpaired) electrons. The fourth-order valence-corrected chi connectivity index (χ4v) is 4.11. The molecule has 2 N–H and O–H groups in total. The van der Waals surface area contributed by atoms with E-state index >= 15 is 0 Å². The van der Waals surface area contributed by atoms with E-state index in [1.54, 1.807) is 0 Å². The second kappa shape index (κ2) is 7.33. The molecule has 1 aromatic carbocycles. The molecule has 2 fully saturated rings. The van der Waals surface area contributed by atoms with Gasteiger partial charge in [-0.2, -0.15) is 0 Å². The summed E-state index contributed by atoms with van der Waals surface area (Å²) < 4.78 is 19.9. The predicted octanol–water partition coefficient (Wildman–Crippen LogP) is 2.59. The zero-order valence-corrected chi connectivity index (χ0v) is 13.7. The van der Waals surface area contributed by atoms with Crippen molar-refractivity contribution in [2.24, 2.45) is 11.8 Å². The number of ether oxygens (including phenoxy) is 1. The maximum Gasteiger partial charge on any atom is 0.491 e. The van der Waals surface area contributed by atoms with Gasteiger partial charge in [0.1, 0.15) is 5.82 Å². The standard InChI is InChI=1S/C18H26BFO3/c1-12-2-9-18(23-11-12)14-5-3-13(4-6-14)15-7-8-16(19(21)22)17(20)10-15/h7-8,10,12-14,18,21-22H,2-6,9,11H2,1H3. The van der Waals surface area contributed by atoms with Crippen molar-refractivity contribution in [2.45, 2.75) is 57.5 Å². The average molecular weight is 320 g/mol. The summed E-state index contributed by atoms with van der Waals surface area (Å²) in [5.74, 6) is 1.17. The van der Waals surface area contributed by atoms with Crippen LogP contribution in [0.3, 0.4) is 0 Å². The van der Waals surface area contributed by atoms with Crippen molar-refractivity contribution in [1.29, 1.82) is 0 Å². The Balaban J connectivity index is 1.57. The van der Waals surface area contributed by atoms with Gasteiger partial charge in [0, 0.05) is 12.1 Å². The number of benzene rings is 1. The quantitative estimate of drug-likeness (QED) is 0.842. The molecule has 2 atom stereocenters. The van der Waals surface area contributed by atoms with Crippen molar-refractivity contribution < 1.29 is 19.2 Å². The number of rotatable bonds is 3. The summed E-state index contributed by atoms with van der Waals surface area (Å²) in [7, 11) is -1.74. The van der Waals surface area contributed by atoms with Crippen LogP contribution in [0.4, 0.5) is 4.39 Å². The Bertz CT molecular complexity index is 521. The summed E-state index contributed by atoms with van der Waals surface area (Å²) in [6.45, 7) is 3.13. The summed E-state index contributed by atoms with van der Waals surface area (Å²) in [5.41, 5.74) is 0.927. The highest BCUT2D eigenvalue weighted by atomic mass is 19.1. The molecule has 5 heteroatoms. The van der Waals surface area contributed by atoms with E-state index in [0.717, 1.165) is 37.9 Å². The van der Waals surface area contributed by atoms with Crippen LogP contribution in [0.2, 0.25) is 0 Å². The molecule has 1 saturated carbocycles. The predicted molar refractivity (Wildman–Crippen MR) is 89.1 cm³/mol. The fraction of sp³-hybridized carbons (Fsp3) is 0.667. The first-order valence-electron chi connectivity index (χ1n) is 8.81. The van der Waals surface area contributed by atoms with Gasteiger partial charge in [-0.25, -0.2) is 4.39 Å². The second-order valence-corrected chi connectivity index (χ2v) is 7.32. The third-order valence-corrected chi connectivity index (χ3v) is 5.61. The van der Waals surface area contributed by atoms with Crippen LogP contribution in [-0.2, 0) is 4.74 Å². The zero-order chi connectivity index (χ0) is 16.4. The van der Waals surface area contributed by atoms with Crippen molar-refractivity contribution >= 4 is 12.6 Å². The van der Waals surface area contributed by atoms with Gasteiger partial charge >= 0.3 is 7.12 Å². The van der Waals surface area contributed by atoms with Crippen molar-refractivity contribution in [1.82, 2.24) is 0 Å². The van der Waals surface area contributed by atoms with Gasteiger partial charge in [-0.05, 0) is 67.9 Å². The van der Waals surface area contributed by atoms with E-state index in [2.05, 4.69) is 6.92 Å². The van der Waals surface area contributed by atoms with Crippen LogP contribution in [0.15, 0.2) is 18.2 Å². The molecule has 2 aliphatic rings. The van der Waals surface area contributed by atoms with Crippen LogP contribution >= 0.6 is 0 Å². The van der Waals surface area contributed by atoms with Crippen molar-refractivity contribution in [3.05, 3.63) is 29.6 Å². The first kappa shape index (κ1) is 16.9. The molecule has 3 nitrogen and oxygen atoms in total. The number of halogens is 1. The molecule has 1 aromatic rings. The molecule has 2 unspecified atom stereocenters. The monoisotopic (exact) mass is 320 g/mol. The van der Waals surface area contributed by atoms with E-state index in [0.29, 0.717) is 23.9 Å². The Kier molecular flexibility index (Phi) is 5.40. The first-order chi connectivity index (χ1) is 11.0. The van der Waals surface area contributed by atoms with Gasteiger partial charge < -0.3 is 14.8 Å². The van der Waals surface area contributed by atoms with Crippen LogP contribution in [0.25, 0.3) is 0 Å². The lowest BCUT2D eigenvalue weighted by Gasteiger charge is -2.37. The van der Waals surface area contributed by atoms with Gasteiger partial charge in [-0.15, -0.1) is 0 Å². The molecule has 23 heavy (non-hydrogen) atoms. The van der Waals surface area contributed by atoms with Gasteiger partial charge in [0.05, 0.1) is 6.10 Å². The smallest absolute Gasteiger partial charge is 0.423 e. The molecule has 1 heterocycles. The Labute approximate surface area is 138 Å². The van der Waals surface area contributed by atoms with E-state index in [1.807, 2.05) is 6.07 Å². The van der Waals surface area contributed by atoms with Crippen molar-refractivity contribution in [3.63, 3.8) is 0 Å². The summed E-state index contributed by atoms with van der Waals surface area (Å²) in [6.07, 6.45) is 7.23. The lowest BCUT2D eigenvalue weighted by Crippen LogP contribution is -2.34. The minimum absolute atomic E-state index is 0.0489. The first-order valence-corrected chi connectivity index (χ1v) is 8.81. The summed E-state index contributed by atoms with van der Waals surface area (Å²) in [5, 5.41) is 18.2. The van der Waals surface area contributed by atoms with Crippen LogP contribution in [-0.4, -0.2) is 29.9 Å². The maximum atomic E-state index is 13.9. The fourth-order valence-electron chi connectivity index (χ4n) is 4.11. The SMILES string of the molecule is CC1CCC(C2CCC(c3ccc(B(O)O)c(F)c3)CC2)OC1. The minimum Gasteiger partial charge on any atom is -0.423 e. The summed E-state index contributed by atoms with van der Waals surface area (Å²) >= 11 is 0. The molecule has 0 aromatic heterocycles. The van der Waals surface area contributed by atoms with Crippen LogP contribution in [0.5, 0.6) is 0 Å². The lowest BCUT2D eigenvalue weighted by atomic mass is 9.74. The molecule has 3 rings (SSSR count). The molecular formula is C18H26BFO3.